The number of nitrogens with one attached hydrogen (secondary N) is 1. The predicted octanol–water partition coefficient (Wildman–Crippen LogP) is 3.64. The number of nitrogens with two attached hydrogens (primary N) is 1. The van der Waals surface area contributed by atoms with E-state index < -0.39 is 11.8 Å². The summed E-state index contributed by atoms with van der Waals surface area (Å²) in [6, 6.07) is 14.4. The fourth-order valence-electron chi connectivity index (χ4n) is 1.75. The van der Waals surface area contributed by atoms with Gasteiger partial charge in [0.15, 0.2) is 0 Å². The first-order valence-corrected chi connectivity index (χ1v) is 7.10. The van der Waals surface area contributed by atoms with Gasteiger partial charge in [-0.2, -0.15) is 8.78 Å². The van der Waals surface area contributed by atoms with Gasteiger partial charge in [0, 0.05) is 10.6 Å². The van der Waals surface area contributed by atoms with Crippen molar-refractivity contribution in [1.29, 1.82) is 0 Å². The van der Waals surface area contributed by atoms with Crippen LogP contribution in [0.3, 0.4) is 0 Å². The summed E-state index contributed by atoms with van der Waals surface area (Å²) < 4.78 is 24.4. The minimum absolute atomic E-state index is 0.351. The fourth-order valence-corrected chi connectivity index (χ4v) is 2.25. The summed E-state index contributed by atoms with van der Waals surface area (Å²) in [4.78, 5) is 12.5. The maximum Gasteiger partial charge on any atom is 0.288 e. The van der Waals surface area contributed by atoms with E-state index in [9.17, 15) is 13.6 Å². The molecule has 1 amide bonds. The molecule has 0 fully saturated rings. The molecule has 0 aliphatic rings. The Bertz CT molecular complexity index is 590. The molecular formula is C15H14F2N2OS. The molecular weight excluding hydrogens is 294 g/mol. The third-order valence-corrected chi connectivity index (χ3v) is 3.51. The monoisotopic (exact) mass is 308 g/mol. The highest BCUT2D eigenvalue weighted by Gasteiger charge is 2.15. The molecule has 21 heavy (non-hydrogen) atoms. The van der Waals surface area contributed by atoms with Crippen LogP contribution in [-0.4, -0.2) is 11.7 Å². The van der Waals surface area contributed by atoms with Crippen LogP contribution in [0.25, 0.3) is 0 Å². The van der Waals surface area contributed by atoms with Gasteiger partial charge in [0.1, 0.15) is 6.04 Å². The van der Waals surface area contributed by atoms with Crippen molar-refractivity contribution in [2.75, 3.05) is 5.32 Å². The van der Waals surface area contributed by atoms with E-state index in [2.05, 4.69) is 5.32 Å². The van der Waals surface area contributed by atoms with Crippen molar-refractivity contribution in [3.8, 4) is 0 Å². The summed E-state index contributed by atoms with van der Waals surface area (Å²) in [7, 11) is 0. The molecule has 2 aromatic rings. The third kappa shape index (κ3) is 4.54. The average molecular weight is 308 g/mol. The van der Waals surface area contributed by atoms with Crippen LogP contribution in [0, 0.1) is 0 Å². The molecule has 0 heterocycles. The van der Waals surface area contributed by atoms with Crippen molar-refractivity contribution < 1.29 is 13.6 Å². The molecule has 6 heteroatoms. The quantitative estimate of drug-likeness (QED) is 0.829. The van der Waals surface area contributed by atoms with E-state index in [1.807, 2.05) is 6.07 Å². The normalized spacial score (nSPS) is 12.2. The highest BCUT2D eigenvalue weighted by molar-refractivity contribution is 7.99. The largest absolute Gasteiger partial charge is 0.324 e. The Balaban J connectivity index is 1.99. The molecule has 2 aromatic carbocycles. The van der Waals surface area contributed by atoms with E-state index in [4.69, 9.17) is 5.73 Å². The molecule has 3 N–H and O–H groups in total. The molecule has 0 unspecified atom stereocenters. The van der Waals surface area contributed by atoms with Gasteiger partial charge in [-0.25, -0.2) is 0 Å². The Hall–Kier alpha value is -1.92. The maximum atomic E-state index is 12.2. The molecule has 0 aliphatic heterocycles. The lowest BCUT2D eigenvalue weighted by Gasteiger charge is -2.12. The number of hydrogen-bond donors (Lipinski definition) is 2. The van der Waals surface area contributed by atoms with E-state index >= 15 is 0 Å². The predicted molar refractivity (Wildman–Crippen MR) is 80.3 cm³/mol. The van der Waals surface area contributed by atoms with Gasteiger partial charge in [-0.1, -0.05) is 42.1 Å². The molecule has 2 rings (SSSR count). The molecule has 1 atom stereocenters. The van der Waals surface area contributed by atoms with Gasteiger partial charge in [-0.05, 0) is 29.8 Å². The van der Waals surface area contributed by atoms with E-state index in [0.717, 1.165) is 0 Å². The van der Waals surface area contributed by atoms with Crippen LogP contribution in [0.1, 0.15) is 11.6 Å². The summed E-state index contributed by atoms with van der Waals surface area (Å²) in [6.07, 6.45) is 0. The van der Waals surface area contributed by atoms with Crippen molar-refractivity contribution >= 4 is 23.4 Å². The van der Waals surface area contributed by atoms with Gasteiger partial charge in [0.2, 0.25) is 5.91 Å². The zero-order chi connectivity index (χ0) is 15.2. The maximum absolute atomic E-state index is 12.2. The number of amides is 1. The van der Waals surface area contributed by atoms with E-state index in [1.165, 1.54) is 12.1 Å². The molecule has 0 saturated carbocycles. The Morgan fingerprint density at radius 1 is 1.05 bits per heavy atom. The highest BCUT2D eigenvalue weighted by Crippen LogP contribution is 2.26. The van der Waals surface area contributed by atoms with Crippen molar-refractivity contribution in [2.24, 2.45) is 5.73 Å². The number of alkyl halides is 2. The van der Waals surface area contributed by atoms with Gasteiger partial charge < -0.3 is 11.1 Å². The van der Waals surface area contributed by atoms with Crippen LogP contribution in [0.2, 0.25) is 0 Å². The lowest BCUT2D eigenvalue weighted by atomic mass is 10.1. The van der Waals surface area contributed by atoms with Gasteiger partial charge in [0.05, 0.1) is 0 Å². The number of carbonyl (C=O) groups is 1. The Morgan fingerprint density at radius 3 is 2.24 bits per heavy atom. The molecule has 0 aromatic heterocycles. The number of anilines is 1. The number of rotatable bonds is 5. The van der Waals surface area contributed by atoms with Crippen molar-refractivity contribution in [3.63, 3.8) is 0 Å². The third-order valence-electron chi connectivity index (χ3n) is 2.79. The van der Waals surface area contributed by atoms with Crippen LogP contribution in [-0.2, 0) is 4.79 Å². The van der Waals surface area contributed by atoms with Gasteiger partial charge >= 0.3 is 0 Å². The molecule has 0 spiro atoms. The van der Waals surface area contributed by atoms with Crippen LogP contribution in [0.4, 0.5) is 14.5 Å². The van der Waals surface area contributed by atoms with Crippen molar-refractivity contribution in [1.82, 2.24) is 0 Å². The number of benzene rings is 2. The summed E-state index contributed by atoms with van der Waals surface area (Å²) in [5.41, 5.74) is 7.09. The van der Waals surface area contributed by atoms with Crippen molar-refractivity contribution in [2.45, 2.75) is 16.7 Å². The highest BCUT2D eigenvalue weighted by atomic mass is 32.2. The molecule has 0 bridgehead atoms. The van der Waals surface area contributed by atoms with Crippen LogP contribution in [0.5, 0.6) is 0 Å². The molecule has 110 valence electrons. The minimum Gasteiger partial charge on any atom is -0.324 e. The molecule has 0 radical (unpaired) electrons. The first-order valence-electron chi connectivity index (χ1n) is 6.22. The van der Waals surface area contributed by atoms with E-state index in [1.54, 1.807) is 36.4 Å². The first-order chi connectivity index (χ1) is 10.1. The van der Waals surface area contributed by atoms with Gasteiger partial charge in [-0.15, -0.1) is 0 Å². The Labute approximate surface area is 125 Å². The second kappa shape index (κ2) is 7.19. The molecule has 3 nitrogen and oxygen atoms in total. The number of halogens is 2. The second-order valence-electron chi connectivity index (χ2n) is 4.28. The topological polar surface area (TPSA) is 55.1 Å². The van der Waals surface area contributed by atoms with Crippen molar-refractivity contribution in [3.05, 3.63) is 60.2 Å². The summed E-state index contributed by atoms with van der Waals surface area (Å²) in [5.74, 6) is -2.81. The number of hydrogen-bond acceptors (Lipinski definition) is 3. The lowest BCUT2D eigenvalue weighted by Crippen LogP contribution is -2.27. The molecule has 0 aliphatic carbocycles. The number of carbonyl (C=O) groups excluding carboxylic acids is 1. The van der Waals surface area contributed by atoms with Gasteiger partial charge in [-0.3, -0.25) is 4.79 Å². The van der Waals surface area contributed by atoms with E-state index in [0.29, 0.717) is 27.9 Å². The Morgan fingerprint density at radius 2 is 1.67 bits per heavy atom. The van der Waals surface area contributed by atoms with E-state index in [-0.39, 0.29) is 5.91 Å². The smallest absolute Gasteiger partial charge is 0.288 e. The van der Waals surface area contributed by atoms with Crippen LogP contribution >= 0.6 is 11.8 Å². The second-order valence-corrected chi connectivity index (χ2v) is 5.34. The minimum atomic E-state index is -2.46. The lowest BCUT2D eigenvalue weighted by molar-refractivity contribution is -0.117. The fraction of sp³-hybridized carbons (Fsp3) is 0.133. The van der Waals surface area contributed by atoms with Crippen LogP contribution < -0.4 is 11.1 Å². The molecule has 0 saturated heterocycles. The number of thioether (sulfide) groups is 1. The summed E-state index contributed by atoms with van der Waals surface area (Å²) in [5, 5.41) is 2.66. The average Bonchev–Trinajstić information content (AvgIpc) is 2.49. The zero-order valence-corrected chi connectivity index (χ0v) is 11.8. The zero-order valence-electron chi connectivity index (χ0n) is 11.0. The summed E-state index contributed by atoms with van der Waals surface area (Å²) in [6.45, 7) is 0. The summed E-state index contributed by atoms with van der Waals surface area (Å²) >= 11 is 0.458. The van der Waals surface area contributed by atoms with Gasteiger partial charge in [0.25, 0.3) is 5.76 Å². The Kier molecular flexibility index (Phi) is 5.30. The standard InChI is InChI=1S/C15H14F2N2OS/c16-15(17)21-12-8-6-11(7-9-12)19-14(20)13(18)10-4-2-1-3-5-10/h1-9,13,15H,18H2,(H,19,20)/t13-/m1/s1. The van der Waals surface area contributed by atoms with Crippen LogP contribution in [0.15, 0.2) is 59.5 Å². The first kappa shape index (κ1) is 15.5. The SMILES string of the molecule is N[C@@H](C(=O)Nc1ccc(SC(F)F)cc1)c1ccccc1.